The quantitative estimate of drug-likeness (QED) is 0.679. The van der Waals surface area contributed by atoms with Crippen LogP contribution in [0.1, 0.15) is 20.3 Å². The molecule has 0 fully saturated rings. The summed E-state index contributed by atoms with van der Waals surface area (Å²) in [6, 6.07) is 3.76. The summed E-state index contributed by atoms with van der Waals surface area (Å²) < 4.78 is 17.1. The van der Waals surface area contributed by atoms with Gasteiger partial charge in [-0.25, -0.2) is 9.97 Å². The molecular formula is C17H25N3O3. The molecule has 0 bridgehead atoms. The molecule has 6 nitrogen and oxygen atoms in total. The highest BCUT2D eigenvalue weighted by Crippen LogP contribution is 2.31. The zero-order chi connectivity index (χ0) is 16.5. The smallest absolute Gasteiger partial charge is 0.163 e. The number of rotatable bonds is 10. The minimum Gasteiger partial charge on any atom is -0.493 e. The molecule has 1 heterocycles. The van der Waals surface area contributed by atoms with Crippen molar-refractivity contribution in [2.75, 3.05) is 33.4 Å². The van der Waals surface area contributed by atoms with E-state index in [0.29, 0.717) is 24.7 Å². The van der Waals surface area contributed by atoms with Crippen LogP contribution in [0.2, 0.25) is 0 Å². The molecule has 1 unspecified atom stereocenters. The van der Waals surface area contributed by atoms with Crippen molar-refractivity contribution in [3.05, 3.63) is 24.7 Å². The van der Waals surface area contributed by atoms with Gasteiger partial charge in [0.15, 0.2) is 11.5 Å². The Morgan fingerprint density at radius 1 is 1.22 bits per heavy atom. The Balaban J connectivity index is 2.06. The van der Waals surface area contributed by atoms with E-state index in [4.69, 9.17) is 14.2 Å². The highest BCUT2D eigenvalue weighted by molar-refractivity contribution is 5.81. The van der Waals surface area contributed by atoms with Gasteiger partial charge in [0.2, 0.25) is 0 Å². The van der Waals surface area contributed by atoms with Crippen LogP contribution in [0, 0.1) is 0 Å². The molecule has 0 spiro atoms. The molecule has 23 heavy (non-hydrogen) atoms. The van der Waals surface area contributed by atoms with Crippen molar-refractivity contribution in [3.63, 3.8) is 0 Å². The van der Waals surface area contributed by atoms with Crippen molar-refractivity contribution in [1.29, 1.82) is 0 Å². The van der Waals surface area contributed by atoms with Crippen molar-refractivity contribution in [3.8, 4) is 11.5 Å². The first-order valence-electron chi connectivity index (χ1n) is 8.01. The maximum atomic E-state index is 5.93. The Bertz CT molecular complexity index is 607. The van der Waals surface area contributed by atoms with Gasteiger partial charge >= 0.3 is 0 Å². The molecule has 1 aromatic carbocycles. The molecule has 0 saturated heterocycles. The van der Waals surface area contributed by atoms with Gasteiger partial charge in [-0.1, -0.05) is 6.92 Å². The highest BCUT2D eigenvalue weighted by atomic mass is 16.5. The van der Waals surface area contributed by atoms with Crippen LogP contribution in [0.3, 0.4) is 0 Å². The average Bonchev–Trinajstić information content (AvgIpc) is 2.59. The Hall–Kier alpha value is -1.92. The topological polar surface area (TPSA) is 65.5 Å². The maximum Gasteiger partial charge on any atom is 0.163 e. The Kier molecular flexibility index (Phi) is 7.03. The predicted octanol–water partition coefficient (Wildman–Crippen LogP) is 2.42. The number of ether oxygens (including phenoxy) is 3. The molecule has 0 aliphatic carbocycles. The van der Waals surface area contributed by atoms with E-state index < -0.39 is 0 Å². The van der Waals surface area contributed by atoms with Crippen molar-refractivity contribution >= 4 is 10.9 Å². The van der Waals surface area contributed by atoms with E-state index in [1.165, 1.54) is 6.33 Å². The molecule has 0 aliphatic heterocycles. The average molecular weight is 319 g/mol. The lowest BCUT2D eigenvalue weighted by Gasteiger charge is -2.19. The standard InChI is InChI=1S/C17H25N3O3/c1-4-6-18-10-14(22-5-2)11-23-17-8-15-13(7-16(17)21-3)9-19-12-20-15/h7-9,12,14,18H,4-6,10-11H2,1-3H3. The van der Waals surface area contributed by atoms with Gasteiger partial charge in [-0.05, 0) is 26.0 Å². The van der Waals surface area contributed by atoms with Crippen molar-refractivity contribution < 1.29 is 14.2 Å². The lowest BCUT2D eigenvalue weighted by atomic mass is 10.2. The Morgan fingerprint density at radius 2 is 2.09 bits per heavy atom. The number of fused-ring (bicyclic) bond motifs is 1. The van der Waals surface area contributed by atoms with E-state index >= 15 is 0 Å². The second-order valence-corrected chi connectivity index (χ2v) is 5.18. The first kappa shape index (κ1) is 17.4. The van der Waals surface area contributed by atoms with Crippen molar-refractivity contribution in [2.45, 2.75) is 26.4 Å². The third-order valence-electron chi connectivity index (χ3n) is 3.42. The number of hydrogen-bond acceptors (Lipinski definition) is 6. The van der Waals surface area contributed by atoms with Gasteiger partial charge in [0.25, 0.3) is 0 Å². The lowest BCUT2D eigenvalue weighted by molar-refractivity contribution is 0.0277. The monoisotopic (exact) mass is 319 g/mol. The molecule has 1 N–H and O–H groups in total. The van der Waals surface area contributed by atoms with E-state index in [1.807, 2.05) is 19.1 Å². The van der Waals surface area contributed by atoms with Crippen LogP contribution in [-0.2, 0) is 4.74 Å². The fourth-order valence-electron chi connectivity index (χ4n) is 2.29. The van der Waals surface area contributed by atoms with Gasteiger partial charge in [0.05, 0.1) is 12.6 Å². The predicted molar refractivity (Wildman–Crippen MR) is 90.2 cm³/mol. The van der Waals surface area contributed by atoms with Gasteiger partial charge < -0.3 is 19.5 Å². The lowest BCUT2D eigenvalue weighted by Crippen LogP contribution is -2.34. The van der Waals surface area contributed by atoms with Crippen LogP contribution in [0.25, 0.3) is 10.9 Å². The molecule has 0 amide bonds. The summed E-state index contributed by atoms with van der Waals surface area (Å²) in [5, 5.41) is 4.28. The van der Waals surface area contributed by atoms with E-state index in [0.717, 1.165) is 30.4 Å². The van der Waals surface area contributed by atoms with Gasteiger partial charge in [0.1, 0.15) is 19.0 Å². The molecule has 0 saturated carbocycles. The summed E-state index contributed by atoms with van der Waals surface area (Å²) in [6.45, 7) is 6.97. The highest BCUT2D eigenvalue weighted by Gasteiger charge is 2.13. The fourth-order valence-corrected chi connectivity index (χ4v) is 2.29. The van der Waals surface area contributed by atoms with Crippen LogP contribution in [-0.4, -0.2) is 49.5 Å². The van der Waals surface area contributed by atoms with Gasteiger partial charge in [-0.2, -0.15) is 0 Å². The zero-order valence-electron chi connectivity index (χ0n) is 14.0. The first-order chi connectivity index (χ1) is 11.3. The molecule has 2 aromatic rings. The number of aromatic nitrogens is 2. The van der Waals surface area contributed by atoms with Gasteiger partial charge in [-0.3, -0.25) is 0 Å². The summed E-state index contributed by atoms with van der Waals surface area (Å²) >= 11 is 0. The van der Waals surface area contributed by atoms with Crippen LogP contribution >= 0.6 is 0 Å². The van der Waals surface area contributed by atoms with Gasteiger partial charge in [-0.15, -0.1) is 0 Å². The summed E-state index contributed by atoms with van der Waals surface area (Å²) in [7, 11) is 1.63. The summed E-state index contributed by atoms with van der Waals surface area (Å²) in [5.41, 5.74) is 0.827. The maximum absolute atomic E-state index is 5.93. The van der Waals surface area contributed by atoms with Crippen molar-refractivity contribution in [1.82, 2.24) is 15.3 Å². The first-order valence-corrected chi connectivity index (χ1v) is 8.01. The van der Waals surface area contributed by atoms with Crippen LogP contribution in [0.5, 0.6) is 11.5 Å². The molecule has 1 atom stereocenters. The molecule has 126 valence electrons. The van der Waals surface area contributed by atoms with Crippen LogP contribution in [0.15, 0.2) is 24.7 Å². The summed E-state index contributed by atoms with van der Waals surface area (Å²) in [4.78, 5) is 8.27. The van der Waals surface area contributed by atoms with E-state index in [1.54, 1.807) is 13.3 Å². The number of methoxy groups -OCH3 is 1. The minimum atomic E-state index is -0.00245. The largest absolute Gasteiger partial charge is 0.493 e. The van der Waals surface area contributed by atoms with E-state index in [9.17, 15) is 0 Å². The molecule has 0 aliphatic rings. The summed E-state index contributed by atoms with van der Waals surface area (Å²) in [5.74, 6) is 1.34. The summed E-state index contributed by atoms with van der Waals surface area (Å²) in [6.07, 6.45) is 4.37. The third kappa shape index (κ3) is 5.04. The SMILES string of the molecule is CCCNCC(COc1cc2ncncc2cc1OC)OCC. The van der Waals surface area contributed by atoms with Gasteiger partial charge in [0, 0.05) is 30.8 Å². The van der Waals surface area contributed by atoms with Crippen LogP contribution < -0.4 is 14.8 Å². The normalized spacial score (nSPS) is 12.3. The molecule has 2 rings (SSSR count). The van der Waals surface area contributed by atoms with E-state index in [2.05, 4.69) is 22.2 Å². The Labute approximate surface area is 137 Å². The fraction of sp³-hybridized carbons (Fsp3) is 0.529. The number of nitrogens with one attached hydrogen (secondary N) is 1. The number of hydrogen-bond donors (Lipinski definition) is 1. The van der Waals surface area contributed by atoms with Crippen LogP contribution in [0.4, 0.5) is 0 Å². The van der Waals surface area contributed by atoms with E-state index in [-0.39, 0.29) is 6.10 Å². The second kappa shape index (κ2) is 9.27. The number of nitrogens with zero attached hydrogens (tertiary/aromatic N) is 2. The molecule has 1 aromatic heterocycles. The third-order valence-corrected chi connectivity index (χ3v) is 3.42. The van der Waals surface area contributed by atoms with Crippen molar-refractivity contribution in [2.24, 2.45) is 0 Å². The Morgan fingerprint density at radius 3 is 2.83 bits per heavy atom. The second-order valence-electron chi connectivity index (χ2n) is 5.18. The molecule has 0 radical (unpaired) electrons. The number of benzene rings is 1. The zero-order valence-corrected chi connectivity index (χ0v) is 14.0. The molecule has 6 heteroatoms. The molecular weight excluding hydrogens is 294 g/mol. The minimum absolute atomic E-state index is 0.00245.